The van der Waals surface area contributed by atoms with E-state index < -0.39 is 0 Å². The summed E-state index contributed by atoms with van der Waals surface area (Å²) in [6.07, 6.45) is 0.887. The monoisotopic (exact) mass is 406 g/mol. The number of benzene rings is 2. The van der Waals surface area contributed by atoms with Crippen LogP contribution in [0.25, 0.3) is 0 Å². The van der Waals surface area contributed by atoms with Gasteiger partial charge in [-0.1, -0.05) is 42.0 Å². The number of ether oxygens (including phenoxy) is 1. The molecule has 2 aromatic carbocycles. The Bertz CT molecular complexity index is 960. The second-order valence-electron chi connectivity index (χ2n) is 7.25. The number of hydrogen-bond acceptors (Lipinski definition) is 4. The molecular weight excluding hydrogens is 376 g/mol. The zero-order chi connectivity index (χ0) is 21.3. The van der Waals surface area contributed by atoms with Gasteiger partial charge in [0, 0.05) is 13.6 Å². The molecule has 1 heterocycles. The Morgan fingerprint density at radius 3 is 2.30 bits per heavy atom. The van der Waals surface area contributed by atoms with Gasteiger partial charge in [0.2, 0.25) is 0 Å². The van der Waals surface area contributed by atoms with E-state index in [0.29, 0.717) is 13.1 Å². The number of nitrogens with one attached hydrogen (secondary N) is 2. The quantitative estimate of drug-likeness (QED) is 0.444. The van der Waals surface area contributed by atoms with Crippen LogP contribution in [0.1, 0.15) is 28.3 Å². The molecule has 0 radical (unpaired) electrons. The Morgan fingerprint density at radius 2 is 1.67 bits per heavy atom. The molecule has 7 nitrogen and oxygen atoms in total. The van der Waals surface area contributed by atoms with Crippen LogP contribution in [0.5, 0.6) is 5.75 Å². The van der Waals surface area contributed by atoms with Crippen LogP contribution in [0.15, 0.2) is 53.5 Å². The van der Waals surface area contributed by atoms with Crippen molar-refractivity contribution >= 4 is 5.96 Å². The number of guanidine groups is 1. The molecule has 158 valence electrons. The fraction of sp³-hybridized carbons (Fsp3) is 0.348. The van der Waals surface area contributed by atoms with Crippen molar-refractivity contribution in [3.63, 3.8) is 0 Å². The minimum atomic E-state index is 0.555. The van der Waals surface area contributed by atoms with E-state index in [2.05, 4.69) is 64.2 Å². The summed E-state index contributed by atoms with van der Waals surface area (Å²) in [6.45, 7) is 5.96. The highest BCUT2D eigenvalue weighted by atomic mass is 16.5. The third-order valence-corrected chi connectivity index (χ3v) is 5.00. The molecule has 0 spiro atoms. The van der Waals surface area contributed by atoms with E-state index in [1.165, 1.54) is 16.7 Å². The highest BCUT2D eigenvalue weighted by Gasteiger charge is 2.06. The molecule has 30 heavy (non-hydrogen) atoms. The summed E-state index contributed by atoms with van der Waals surface area (Å²) in [7, 11) is 3.64. The molecule has 0 fully saturated rings. The van der Waals surface area contributed by atoms with Crippen molar-refractivity contribution in [3.05, 3.63) is 76.9 Å². The molecular formula is C23H30N6O. The Labute approximate surface area is 178 Å². The maximum atomic E-state index is 5.22. The van der Waals surface area contributed by atoms with E-state index in [-0.39, 0.29) is 0 Å². The second kappa shape index (κ2) is 10.4. The molecule has 0 saturated carbocycles. The standard InChI is InChI=1S/C23H30N6O/c1-17-5-7-20(8-6-17)15-25-23(26-16-22-28-27-18(2)29(22)3)24-14-13-19-9-11-21(30-4)12-10-19/h5-12H,13-16H2,1-4H3,(H2,24,25,26). The maximum absolute atomic E-state index is 5.22. The van der Waals surface area contributed by atoms with Crippen LogP contribution in [0, 0.1) is 13.8 Å². The van der Waals surface area contributed by atoms with E-state index >= 15 is 0 Å². The maximum Gasteiger partial charge on any atom is 0.191 e. The molecule has 0 aliphatic carbocycles. The number of aryl methyl sites for hydroxylation is 2. The van der Waals surface area contributed by atoms with Crippen LogP contribution >= 0.6 is 0 Å². The molecule has 3 aromatic rings. The first-order valence-electron chi connectivity index (χ1n) is 10.1. The zero-order valence-corrected chi connectivity index (χ0v) is 18.1. The van der Waals surface area contributed by atoms with Crippen LogP contribution in [0.2, 0.25) is 0 Å². The third kappa shape index (κ3) is 6.07. The average Bonchev–Trinajstić information content (AvgIpc) is 3.09. The summed E-state index contributed by atoms with van der Waals surface area (Å²) in [5.74, 6) is 3.38. The topological polar surface area (TPSA) is 76.4 Å². The first-order valence-corrected chi connectivity index (χ1v) is 10.1. The summed E-state index contributed by atoms with van der Waals surface area (Å²) in [4.78, 5) is 4.75. The lowest BCUT2D eigenvalue weighted by molar-refractivity contribution is 0.414. The van der Waals surface area contributed by atoms with Gasteiger partial charge in [-0.15, -0.1) is 10.2 Å². The Morgan fingerprint density at radius 1 is 0.967 bits per heavy atom. The van der Waals surface area contributed by atoms with E-state index in [1.54, 1.807) is 7.11 Å². The van der Waals surface area contributed by atoms with E-state index in [9.17, 15) is 0 Å². The molecule has 0 atom stereocenters. The van der Waals surface area contributed by atoms with Gasteiger partial charge in [-0.2, -0.15) is 0 Å². The Kier molecular flexibility index (Phi) is 7.43. The van der Waals surface area contributed by atoms with Crippen LogP contribution in [-0.2, 0) is 26.6 Å². The van der Waals surface area contributed by atoms with Gasteiger partial charge in [-0.05, 0) is 43.5 Å². The third-order valence-electron chi connectivity index (χ3n) is 5.00. The van der Waals surface area contributed by atoms with Gasteiger partial charge >= 0.3 is 0 Å². The van der Waals surface area contributed by atoms with Crippen LogP contribution in [0.3, 0.4) is 0 Å². The van der Waals surface area contributed by atoms with Crippen molar-refractivity contribution < 1.29 is 4.74 Å². The van der Waals surface area contributed by atoms with Crippen molar-refractivity contribution in [1.82, 2.24) is 25.4 Å². The molecule has 1 aromatic heterocycles. The van der Waals surface area contributed by atoms with Gasteiger partial charge in [0.05, 0.1) is 20.2 Å². The molecule has 2 N–H and O–H groups in total. The number of aliphatic imine (C=N–C) groups is 1. The fourth-order valence-corrected chi connectivity index (χ4v) is 2.92. The summed E-state index contributed by atoms with van der Waals surface area (Å²) in [6, 6.07) is 16.6. The van der Waals surface area contributed by atoms with Gasteiger partial charge in [0.1, 0.15) is 11.6 Å². The molecule has 0 saturated heterocycles. The van der Waals surface area contributed by atoms with Crippen LogP contribution in [0.4, 0.5) is 0 Å². The van der Waals surface area contributed by atoms with Crippen LogP contribution < -0.4 is 15.4 Å². The fourth-order valence-electron chi connectivity index (χ4n) is 2.92. The number of rotatable bonds is 8. The van der Waals surface area contributed by atoms with Gasteiger partial charge in [0.15, 0.2) is 11.8 Å². The first-order chi connectivity index (χ1) is 14.5. The zero-order valence-electron chi connectivity index (χ0n) is 18.1. The molecule has 0 bridgehead atoms. The normalized spacial score (nSPS) is 11.4. The van der Waals surface area contributed by atoms with Crippen molar-refractivity contribution in [2.45, 2.75) is 33.4 Å². The summed E-state index contributed by atoms with van der Waals surface area (Å²) < 4.78 is 7.19. The number of nitrogens with zero attached hydrogens (tertiary/aromatic N) is 4. The number of aromatic nitrogens is 3. The predicted octanol–water partition coefficient (Wildman–Crippen LogP) is 2.92. The highest BCUT2D eigenvalue weighted by Crippen LogP contribution is 2.11. The molecule has 3 rings (SSSR count). The van der Waals surface area contributed by atoms with Crippen molar-refractivity contribution in [2.75, 3.05) is 13.7 Å². The highest BCUT2D eigenvalue weighted by molar-refractivity contribution is 5.79. The SMILES string of the molecule is COc1ccc(CCNC(=NCc2ccc(C)cc2)NCc2nnc(C)n2C)cc1. The first kappa shape index (κ1) is 21.4. The van der Waals surface area contributed by atoms with Crippen molar-refractivity contribution in [3.8, 4) is 5.75 Å². The number of hydrogen-bond donors (Lipinski definition) is 2. The predicted molar refractivity (Wildman–Crippen MR) is 120 cm³/mol. The molecule has 7 heteroatoms. The van der Waals surface area contributed by atoms with Gasteiger partial charge in [-0.3, -0.25) is 0 Å². The lowest BCUT2D eigenvalue weighted by Gasteiger charge is -2.13. The van der Waals surface area contributed by atoms with Gasteiger partial charge in [-0.25, -0.2) is 4.99 Å². The van der Waals surface area contributed by atoms with Gasteiger partial charge in [0.25, 0.3) is 0 Å². The minimum absolute atomic E-state index is 0.555. The summed E-state index contributed by atoms with van der Waals surface area (Å²) in [5.41, 5.74) is 3.66. The average molecular weight is 407 g/mol. The van der Waals surface area contributed by atoms with E-state index in [1.807, 2.05) is 30.7 Å². The molecule has 0 unspecified atom stereocenters. The number of methoxy groups -OCH3 is 1. The Balaban J connectivity index is 1.61. The van der Waals surface area contributed by atoms with Crippen molar-refractivity contribution in [2.24, 2.45) is 12.0 Å². The second-order valence-corrected chi connectivity index (χ2v) is 7.25. The van der Waals surface area contributed by atoms with Crippen molar-refractivity contribution in [1.29, 1.82) is 0 Å². The molecule has 0 aliphatic heterocycles. The molecule has 0 aliphatic rings. The summed E-state index contributed by atoms with van der Waals surface area (Å²) in [5, 5.41) is 15.1. The Hall–Kier alpha value is -3.35. The lowest BCUT2D eigenvalue weighted by atomic mass is 10.1. The largest absolute Gasteiger partial charge is 0.497 e. The summed E-state index contributed by atoms with van der Waals surface area (Å²) >= 11 is 0. The van der Waals surface area contributed by atoms with E-state index in [4.69, 9.17) is 9.73 Å². The lowest BCUT2D eigenvalue weighted by Crippen LogP contribution is -2.38. The van der Waals surface area contributed by atoms with Gasteiger partial charge < -0.3 is 19.9 Å². The smallest absolute Gasteiger partial charge is 0.191 e. The van der Waals surface area contributed by atoms with Crippen LogP contribution in [-0.4, -0.2) is 34.4 Å². The minimum Gasteiger partial charge on any atom is -0.497 e. The molecule has 0 amide bonds. The van der Waals surface area contributed by atoms with E-state index in [0.717, 1.165) is 36.3 Å².